The first kappa shape index (κ1) is 11.0. The lowest BCUT2D eigenvalue weighted by molar-refractivity contribution is 0.210. The molecule has 1 fully saturated rings. The largest absolute Gasteiger partial charge is 0.269 e. The SMILES string of the molecule is CC1CC(C)CC(n2cc(CCl)cn2)C1. The van der Waals surface area contributed by atoms with Gasteiger partial charge in [-0.05, 0) is 31.1 Å². The van der Waals surface area contributed by atoms with Gasteiger partial charge in [-0.1, -0.05) is 13.8 Å². The van der Waals surface area contributed by atoms with Gasteiger partial charge in [-0.2, -0.15) is 5.10 Å². The van der Waals surface area contributed by atoms with E-state index in [4.69, 9.17) is 11.6 Å². The summed E-state index contributed by atoms with van der Waals surface area (Å²) in [5, 5.41) is 4.41. The molecule has 0 saturated heterocycles. The highest BCUT2D eigenvalue weighted by Crippen LogP contribution is 2.35. The van der Waals surface area contributed by atoms with Crippen LogP contribution >= 0.6 is 11.6 Å². The van der Waals surface area contributed by atoms with E-state index in [9.17, 15) is 0 Å². The number of halogens is 1. The van der Waals surface area contributed by atoms with Crippen molar-refractivity contribution in [3.8, 4) is 0 Å². The summed E-state index contributed by atoms with van der Waals surface area (Å²) in [5.41, 5.74) is 1.13. The van der Waals surface area contributed by atoms with Crippen molar-refractivity contribution < 1.29 is 0 Å². The molecule has 0 N–H and O–H groups in total. The highest BCUT2D eigenvalue weighted by molar-refractivity contribution is 6.17. The molecule has 2 nitrogen and oxygen atoms in total. The first-order valence-electron chi connectivity index (χ1n) is 5.78. The van der Waals surface area contributed by atoms with E-state index in [2.05, 4.69) is 29.8 Å². The molecule has 0 spiro atoms. The molecule has 0 radical (unpaired) electrons. The molecule has 2 rings (SSSR count). The van der Waals surface area contributed by atoms with Gasteiger partial charge in [0, 0.05) is 11.8 Å². The van der Waals surface area contributed by atoms with Gasteiger partial charge in [0.25, 0.3) is 0 Å². The van der Waals surface area contributed by atoms with Crippen molar-refractivity contribution in [2.24, 2.45) is 11.8 Å². The minimum atomic E-state index is 0.567. The lowest BCUT2D eigenvalue weighted by atomic mass is 9.80. The predicted octanol–water partition coefficient (Wildman–Crippen LogP) is 3.62. The summed E-state index contributed by atoms with van der Waals surface area (Å²) >= 11 is 5.78. The van der Waals surface area contributed by atoms with Gasteiger partial charge in [0.2, 0.25) is 0 Å². The average Bonchev–Trinajstić information content (AvgIpc) is 2.64. The summed E-state index contributed by atoms with van der Waals surface area (Å²) in [6.07, 6.45) is 7.86. The van der Waals surface area contributed by atoms with Crippen molar-refractivity contribution in [2.45, 2.75) is 45.0 Å². The molecule has 84 valence electrons. The molecule has 0 bridgehead atoms. The van der Waals surface area contributed by atoms with E-state index in [1.54, 1.807) is 0 Å². The van der Waals surface area contributed by atoms with Gasteiger partial charge in [-0.3, -0.25) is 4.68 Å². The maximum atomic E-state index is 5.78. The molecule has 1 aromatic heterocycles. The molecule has 15 heavy (non-hydrogen) atoms. The zero-order chi connectivity index (χ0) is 10.8. The van der Waals surface area contributed by atoms with E-state index in [1.165, 1.54) is 19.3 Å². The summed E-state index contributed by atoms with van der Waals surface area (Å²) in [4.78, 5) is 0. The summed E-state index contributed by atoms with van der Waals surface area (Å²) in [7, 11) is 0. The Bertz CT molecular complexity index is 311. The van der Waals surface area contributed by atoms with E-state index in [0.717, 1.165) is 17.4 Å². The molecule has 1 aliphatic carbocycles. The molecular formula is C12H19ClN2. The Kier molecular flexibility index (Phi) is 3.35. The number of aromatic nitrogens is 2. The van der Waals surface area contributed by atoms with Crippen LogP contribution < -0.4 is 0 Å². The molecular weight excluding hydrogens is 208 g/mol. The third-order valence-corrected chi connectivity index (χ3v) is 3.65. The van der Waals surface area contributed by atoms with Crippen LogP contribution in [0.1, 0.15) is 44.7 Å². The standard InChI is InChI=1S/C12H19ClN2/c1-9-3-10(2)5-12(4-9)15-8-11(6-13)7-14-15/h7-10,12H,3-6H2,1-2H3. The van der Waals surface area contributed by atoms with Gasteiger partial charge in [-0.15, -0.1) is 11.6 Å². The number of hydrogen-bond donors (Lipinski definition) is 0. The average molecular weight is 227 g/mol. The van der Waals surface area contributed by atoms with Crippen molar-refractivity contribution >= 4 is 11.6 Å². The van der Waals surface area contributed by atoms with Crippen molar-refractivity contribution in [1.29, 1.82) is 0 Å². The number of rotatable bonds is 2. The minimum absolute atomic E-state index is 0.567. The Labute approximate surface area is 96.6 Å². The second-order valence-electron chi connectivity index (χ2n) is 5.03. The van der Waals surface area contributed by atoms with Crippen LogP contribution in [-0.2, 0) is 5.88 Å². The molecule has 1 aliphatic rings. The van der Waals surface area contributed by atoms with Gasteiger partial charge < -0.3 is 0 Å². The lowest BCUT2D eigenvalue weighted by Crippen LogP contribution is -2.22. The van der Waals surface area contributed by atoms with Gasteiger partial charge >= 0.3 is 0 Å². The highest BCUT2D eigenvalue weighted by atomic mass is 35.5. The van der Waals surface area contributed by atoms with Crippen LogP contribution in [0.15, 0.2) is 12.4 Å². The monoisotopic (exact) mass is 226 g/mol. The second kappa shape index (κ2) is 4.56. The quantitative estimate of drug-likeness (QED) is 0.705. The maximum Gasteiger partial charge on any atom is 0.0534 e. The Hall–Kier alpha value is -0.500. The van der Waals surface area contributed by atoms with Gasteiger partial charge in [0.05, 0.1) is 18.1 Å². The van der Waals surface area contributed by atoms with E-state index >= 15 is 0 Å². The first-order chi connectivity index (χ1) is 7.19. The van der Waals surface area contributed by atoms with Crippen LogP contribution in [0.3, 0.4) is 0 Å². The lowest BCUT2D eigenvalue weighted by Gasteiger charge is -2.31. The fourth-order valence-electron chi connectivity index (χ4n) is 2.77. The molecule has 2 atom stereocenters. The summed E-state index contributed by atoms with van der Waals surface area (Å²) in [6.45, 7) is 4.68. The van der Waals surface area contributed by atoms with Crippen LogP contribution in [-0.4, -0.2) is 9.78 Å². The Morgan fingerprint density at radius 3 is 2.53 bits per heavy atom. The molecule has 1 aromatic rings. The number of alkyl halides is 1. The van der Waals surface area contributed by atoms with Crippen LogP contribution in [0.5, 0.6) is 0 Å². The predicted molar refractivity (Wildman–Crippen MR) is 63.0 cm³/mol. The molecule has 2 unspecified atom stereocenters. The highest BCUT2D eigenvalue weighted by Gasteiger charge is 2.25. The topological polar surface area (TPSA) is 17.8 Å². The van der Waals surface area contributed by atoms with E-state index in [1.807, 2.05) is 6.20 Å². The number of nitrogens with zero attached hydrogens (tertiary/aromatic N) is 2. The molecule has 3 heteroatoms. The van der Waals surface area contributed by atoms with Gasteiger partial charge in [0.15, 0.2) is 0 Å². The van der Waals surface area contributed by atoms with Crippen molar-refractivity contribution in [3.05, 3.63) is 18.0 Å². The van der Waals surface area contributed by atoms with Gasteiger partial charge in [-0.25, -0.2) is 0 Å². The van der Waals surface area contributed by atoms with E-state index < -0.39 is 0 Å². The smallest absolute Gasteiger partial charge is 0.0534 e. The fourth-order valence-corrected chi connectivity index (χ4v) is 2.90. The number of hydrogen-bond acceptors (Lipinski definition) is 1. The summed E-state index contributed by atoms with van der Waals surface area (Å²) in [6, 6.07) is 0.584. The Morgan fingerprint density at radius 2 is 2.00 bits per heavy atom. The Balaban J connectivity index is 2.09. The zero-order valence-corrected chi connectivity index (χ0v) is 10.2. The zero-order valence-electron chi connectivity index (χ0n) is 9.49. The van der Waals surface area contributed by atoms with Crippen LogP contribution in [0.4, 0.5) is 0 Å². The summed E-state index contributed by atoms with van der Waals surface area (Å²) < 4.78 is 2.11. The maximum absolute atomic E-state index is 5.78. The third-order valence-electron chi connectivity index (χ3n) is 3.34. The second-order valence-corrected chi connectivity index (χ2v) is 5.30. The van der Waals surface area contributed by atoms with Crippen molar-refractivity contribution in [1.82, 2.24) is 9.78 Å². The normalized spacial score (nSPS) is 31.8. The third kappa shape index (κ3) is 2.54. The Morgan fingerprint density at radius 1 is 1.33 bits per heavy atom. The molecule has 1 heterocycles. The van der Waals surface area contributed by atoms with Crippen LogP contribution in [0, 0.1) is 11.8 Å². The summed E-state index contributed by atoms with van der Waals surface area (Å²) in [5.74, 6) is 2.21. The molecule has 0 amide bonds. The van der Waals surface area contributed by atoms with Crippen molar-refractivity contribution in [2.75, 3.05) is 0 Å². The fraction of sp³-hybridized carbons (Fsp3) is 0.750. The molecule has 1 saturated carbocycles. The van der Waals surface area contributed by atoms with Crippen LogP contribution in [0.2, 0.25) is 0 Å². The van der Waals surface area contributed by atoms with Crippen LogP contribution in [0.25, 0.3) is 0 Å². The minimum Gasteiger partial charge on any atom is -0.269 e. The molecule has 0 aromatic carbocycles. The first-order valence-corrected chi connectivity index (χ1v) is 6.31. The van der Waals surface area contributed by atoms with E-state index in [0.29, 0.717) is 11.9 Å². The van der Waals surface area contributed by atoms with E-state index in [-0.39, 0.29) is 0 Å². The van der Waals surface area contributed by atoms with Crippen molar-refractivity contribution in [3.63, 3.8) is 0 Å². The van der Waals surface area contributed by atoms with Gasteiger partial charge in [0.1, 0.15) is 0 Å². The molecule has 0 aliphatic heterocycles.